The van der Waals surface area contributed by atoms with E-state index in [2.05, 4.69) is 15.4 Å². The molecule has 0 spiro atoms. The predicted molar refractivity (Wildman–Crippen MR) is 74.0 cm³/mol. The van der Waals surface area contributed by atoms with Crippen molar-refractivity contribution in [2.45, 2.75) is 32.1 Å². The average Bonchev–Trinajstić information content (AvgIpc) is 3.04. The van der Waals surface area contributed by atoms with Gasteiger partial charge in [0.2, 0.25) is 0 Å². The minimum atomic E-state index is -4.36. The van der Waals surface area contributed by atoms with E-state index in [0.29, 0.717) is 31.3 Å². The second-order valence-corrected chi connectivity index (χ2v) is 5.67. The molecule has 5 nitrogen and oxygen atoms in total. The summed E-state index contributed by atoms with van der Waals surface area (Å²) in [5.41, 5.74) is 0.296. The van der Waals surface area contributed by atoms with Crippen LogP contribution in [-0.2, 0) is 32.7 Å². The Hall–Kier alpha value is -1.83. The number of rotatable bonds is 4. The first-order valence-corrected chi connectivity index (χ1v) is 7.24. The maximum atomic E-state index is 12.7. The van der Waals surface area contributed by atoms with E-state index in [9.17, 15) is 13.2 Å². The number of aromatic nitrogens is 4. The first kappa shape index (κ1) is 15.1. The van der Waals surface area contributed by atoms with Gasteiger partial charge in [0.15, 0.2) is 5.69 Å². The smallest absolute Gasteiger partial charge is 0.334 e. The Labute approximate surface area is 126 Å². The van der Waals surface area contributed by atoms with Gasteiger partial charge in [-0.1, -0.05) is 0 Å². The molecule has 0 fully saturated rings. The topological polar surface area (TPSA) is 47.7 Å². The number of aryl methyl sites for hydroxylation is 2. The summed E-state index contributed by atoms with van der Waals surface area (Å²) in [6, 6.07) is 1.94. The molecule has 22 heavy (non-hydrogen) atoms. The van der Waals surface area contributed by atoms with Crippen LogP contribution in [0.5, 0.6) is 0 Å². The Balaban J connectivity index is 1.55. The Morgan fingerprint density at radius 2 is 2.23 bits per heavy atom. The third kappa shape index (κ3) is 3.16. The lowest BCUT2D eigenvalue weighted by molar-refractivity contribution is -0.141. The van der Waals surface area contributed by atoms with Gasteiger partial charge in [0.1, 0.15) is 5.82 Å². The normalized spacial score (nSPS) is 18.5. The van der Waals surface area contributed by atoms with Crippen molar-refractivity contribution in [2.75, 3.05) is 6.54 Å². The van der Waals surface area contributed by atoms with Gasteiger partial charge in [-0.2, -0.15) is 18.3 Å². The van der Waals surface area contributed by atoms with Gasteiger partial charge in [-0.05, 0) is 18.4 Å². The molecule has 2 aromatic rings. The van der Waals surface area contributed by atoms with Gasteiger partial charge >= 0.3 is 6.18 Å². The molecule has 0 saturated carbocycles. The van der Waals surface area contributed by atoms with Crippen LogP contribution in [0.3, 0.4) is 0 Å². The molecule has 8 heteroatoms. The van der Waals surface area contributed by atoms with Crippen LogP contribution in [0.15, 0.2) is 18.5 Å². The Morgan fingerprint density at radius 1 is 1.41 bits per heavy atom. The van der Waals surface area contributed by atoms with E-state index in [1.165, 1.54) is 0 Å². The van der Waals surface area contributed by atoms with Crippen molar-refractivity contribution in [1.29, 1.82) is 0 Å². The van der Waals surface area contributed by atoms with Crippen molar-refractivity contribution >= 4 is 0 Å². The highest BCUT2D eigenvalue weighted by Gasteiger charge is 2.35. The molecule has 0 amide bonds. The van der Waals surface area contributed by atoms with Crippen molar-refractivity contribution in [3.05, 3.63) is 35.7 Å². The van der Waals surface area contributed by atoms with E-state index in [0.717, 1.165) is 24.9 Å². The van der Waals surface area contributed by atoms with E-state index >= 15 is 0 Å². The van der Waals surface area contributed by atoms with Gasteiger partial charge in [-0.25, -0.2) is 4.98 Å². The van der Waals surface area contributed by atoms with Crippen molar-refractivity contribution in [3.63, 3.8) is 0 Å². The van der Waals surface area contributed by atoms with E-state index in [1.54, 1.807) is 15.4 Å². The first-order valence-electron chi connectivity index (χ1n) is 7.24. The second-order valence-electron chi connectivity index (χ2n) is 5.67. The van der Waals surface area contributed by atoms with Crippen LogP contribution in [0.25, 0.3) is 0 Å². The van der Waals surface area contributed by atoms with Gasteiger partial charge in [0.25, 0.3) is 0 Å². The summed E-state index contributed by atoms with van der Waals surface area (Å²) < 4.78 is 41.5. The average molecular weight is 313 g/mol. The molecule has 3 rings (SSSR count). The van der Waals surface area contributed by atoms with E-state index in [-0.39, 0.29) is 0 Å². The minimum absolute atomic E-state index is 0.316. The number of hydrogen-bond acceptors (Lipinski definition) is 3. The number of halogens is 3. The number of fused-ring (bicyclic) bond motifs is 1. The minimum Gasteiger partial charge on any atom is -0.334 e. The lowest BCUT2D eigenvalue weighted by Gasteiger charge is -2.24. The molecule has 3 heterocycles. The fraction of sp³-hybridized carbons (Fsp3) is 0.571. The lowest BCUT2D eigenvalue weighted by Crippen LogP contribution is -2.30. The lowest BCUT2D eigenvalue weighted by atomic mass is 9.99. The molecule has 0 radical (unpaired) electrons. The summed E-state index contributed by atoms with van der Waals surface area (Å²) >= 11 is 0. The third-order valence-corrected chi connectivity index (χ3v) is 4.04. The highest BCUT2D eigenvalue weighted by atomic mass is 19.4. The molecule has 1 aliphatic heterocycles. The number of imidazole rings is 1. The first-order chi connectivity index (χ1) is 10.4. The van der Waals surface area contributed by atoms with E-state index in [1.807, 2.05) is 13.1 Å². The fourth-order valence-electron chi connectivity index (χ4n) is 2.80. The van der Waals surface area contributed by atoms with Crippen LogP contribution >= 0.6 is 0 Å². The number of hydrogen-bond donors (Lipinski definition) is 1. The molecule has 120 valence electrons. The van der Waals surface area contributed by atoms with Crippen LogP contribution in [0.1, 0.15) is 23.6 Å². The second kappa shape index (κ2) is 5.75. The molecule has 0 bridgehead atoms. The van der Waals surface area contributed by atoms with E-state index < -0.39 is 11.9 Å². The van der Waals surface area contributed by atoms with Crippen LogP contribution in [0.2, 0.25) is 0 Å². The molecule has 1 N–H and O–H groups in total. The largest absolute Gasteiger partial charge is 0.434 e. The van der Waals surface area contributed by atoms with Crippen LogP contribution in [0.4, 0.5) is 13.2 Å². The Morgan fingerprint density at radius 3 is 2.91 bits per heavy atom. The Bertz CT molecular complexity index is 643. The monoisotopic (exact) mass is 313 g/mol. The molecular weight excluding hydrogens is 295 g/mol. The van der Waals surface area contributed by atoms with Crippen LogP contribution in [0, 0.1) is 5.92 Å². The van der Waals surface area contributed by atoms with Crippen molar-refractivity contribution in [1.82, 2.24) is 24.6 Å². The van der Waals surface area contributed by atoms with Crippen LogP contribution < -0.4 is 5.32 Å². The summed E-state index contributed by atoms with van der Waals surface area (Å²) in [5.74, 6) is 0.853. The van der Waals surface area contributed by atoms with Crippen LogP contribution in [-0.4, -0.2) is 25.9 Å². The maximum Gasteiger partial charge on any atom is 0.434 e. The highest BCUT2D eigenvalue weighted by molar-refractivity contribution is 5.10. The highest BCUT2D eigenvalue weighted by Crippen LogP contribution is 2.30. The molecule has 0 saturated heterocycles. The molecule has 0 aliphatic carbocycles. The van der Waals surface area contributed by atoms with E-state index in [4.69, 9.17) is 0 Å². The summed E-state index contributed by atoms with van der Waals surface area (Å²) in [5, 5.41) is 7.44. The summed E-state index contributed by atoms with van der Waals surface area (Å²) in [7, 11) is 1.88. The molecule has 0 unspecified atom stereocenters. The van der Waals surface area contributed by atoms with Crippen molar-refractivity contribution in [3.8, 4) is 0 Å². The van der Waals surface area contributed by atoms with Crippen molar-refractivity contribution < 1.29 is 13.2 Å². The molecule has 2 aromatic heterocycles. The predicted octanol–water partition coefficient (Wildman–Crippen LogP) is 1.99. The SMILES string of the molecule is Cn1nccc1CNC[C@H]1CCc2nc(C(F)(F)F)cn2C1. The van der Waals surface area contributed by atoms with Gasteiger partial charge in [0, 0.05) is 45.5 Å². The summed E-state index contributed by atoms with van der Waals surface area (Å²) in [6.07, 6.45) is -0.0465. The Kier molecular flexibility index (Phi) is 3.94. The summed E-state index contributed by atoms with van der Waals surface area (Å²) in [6.45, 7) is 2.05. The summed E-state index contributed by atoms with van der Waals surface area (Å²) in [4.78, 5) is 3.69. The quantitative estimate of drug-likeness (QED) is 0.939. The van der Waals surface area contributed by atoms with Gasteiger partial charge in [-0.3, -0.25) is 4.68 Å². The zero-order valence-electron chi connectivity index (χ0n) is 12.3. The number of nitrogens with zero attached hydrogens (tertiary/aromatic N) is 4. The zero-order chi connectivity index (χ0) is 15.7. The van der Waals surface area contributed by atoms with Gasteiger partial charge in [0.05, 0.1) is 5.69 Å². The molecule has 0 aromatic carbocycles. The maximum absolute atomic E-state index is 12.7. The standard InChI is InChI=1S/C14H18F3N5/c1-21-11(4-5-19-21)7-18-6-10-2-3-13-20-12(14(15,16)17)9-22(13)8-10/h4-5,9-10,18H,2-3,6-8H2,1H3/t10-/m1/s1. The third-order valence-electron chi connectivity index (χ3n) is 4.04. The number of nitrogens with one attached hydrogen (secondary N) is 1. The molecular formula is C14H18F3N5. The van der Waals surface area contributed by atoms with Gasteiger partial charge in [-0.15, -0.1) is 0 Å². The molecule has 1 aliphatic rings. The van der Waals surface area contributed by atoms with Gasteiger partial charge < -0.3 is 9.88 Å². The number of alkyl halides is 3. The molecule has 1 atom stereocenters. The fourth-order valence-corrected chi connectivity index (χ4v) is 2.80. The zero-order valence-corrected chi connectivity index (χ0v) is 12.3. The van der Waals surface area contributed by atoms with Crippen molar-refractivity contribution in [2.24, 2.45) is 13.0 Å².